The number of nitrogens with one attached hydrogen (secondary N) is 1. The van der Waals surface area contributed by atoms with Crippen LogP contribution < -0.4 is 5.32 Å². The summed E-state index contributed by atoms with van der Waals surface area (Å²) in [6.07, 6.45) is -3.66. The molecular weight excluding hydrogens is 259 g/mol. The van der Waals surface area contributed by atoms with Crippen LogP contribution in [0.1, 0.15) is 25.3 Å². The highest BCUT2D eigenvalue weighted by Crippen LogP contribution is 2.30. The van der Waals surface area contributed by atoms with E-state index in [0.717, 1.165) is 12.1 Å². The van der Waals surface area contributed by atoms with Gasteiger partial charge in [0.15, 0.2) is 0 Å². The number of rotatable bonds is 5. The van der Waals surface area contributed by atoms with Crippen LogP contribution in [0.25, 0.3) is 0 Å². The van der Waals surface area contributed by atoms with Crippen molar-refractivity contribution in [1.82, 2.24) is 0 Å². The fourth-order valence-corrected chi connectivity index (χ4v) is 1.60. The first-order valence-corrected chi connectivity index (χ1v) is 5.87. The van der Waals surface area contributed by atoms with Gasteiger partial charge in [-0.25, -0.2) is 0 Å². The number of hydrogen-bond donors (Lipinski definition) is 1. The molecule has 3 nitrogen and oxygen atoms in total. The maximum absolute atomic E-state index is 12.6. The molecule has 0 aliphatic heterocycles. The van der Waals surface area contributed by atoms with Crippen molar-refractivity contribution in [2.75, 3.05) is 12.4 Å². The van der Waals surface area contributed by atoms with E-state index < -0.39 is 17.7 Å². The van der Waals surface area contributed by atoms with Crippen molar-refractivity contribution >= 4 is 11.7 Å². The summed E-state index contributed by atoms with van der Waals surface area (Å²) < 4.78 is 42.2. The monoisotopic (exact) mass is 275 g/mol. The number of carbonyl (C=O) groups excluding carboxylic acids is 1. The van der Waals surface area contributed by atoms with Crippen LogP contribution in [0.2, 0.25) is 0 Å². The molecule has 0 heterocycles. The zero-order valence-electron chi connectivity index (χ0n) is 10.8. The molecule has 0 amide bonds. The molecule has 6 heteroatoms. The van der Waals surface area contributed by atoms with Gasteiger partial charge in [-0.05, 0) is 24.6 Å². The van der Waals surface area contributed by atoms with Gasteiger partial charge in [0.25, 0.3) is 0 Å². The van der Waals surface area contributed by atoms with Gasteiger partial charge in [0.05, 0.1) is 19.1 Å². The van der Waals surface area contributed by atoms with Gasteiger partial charge < -0.3 is 10.1 Å². The highest BCUT2D eigenvalue weighted by molar-refractivity contribution is 5.70. The smallest absolute Gasteiger partial charge is 0.416 e. The van der Waals surface area contributed by atoms with Gasteiger partial charge in [-0.15, -0.1) is 0 Å². The van der Waals surface area contributed by atoms with Gasteiger partial charge in [0.1, 0.15) is 0 Å². The van der Waals surface area contributed by atoms with Crippen LogP contribution in [0.15, 0.2) is 24.3 Å². The highest BCUT2D eigenvalue weighted by Gasteiger charge is 2.30. The molecule has 1 aromatic carbocycles. The Bertz CT molecular complexity index is 432. The zero-order chi connectivity index (χ0) is 14.5. The van der Waals surface area contributed by atoms with Crippen LogP contribution in [0.4, 0.5) is 18.9 Å². The summed E-state index contributed by atoms with van der Waals surface area (Å²) >= 11 is 0. The predicted molar refractivity (Wildman–Crippen MR) is 65.8 cm³/mol. The topological polar surface area (TPSA) is 38.3 Å². The van der Waals surface area contributed by atoms with Gasteiger partial charge in [0.2, 0.25) is 0 Å². The molecule has 1 N–H and O–H groups in total. The third-order valence-electron chi connectivity index (χ3n) is 2.69. The lowest BCUT2D eigenvalue weighted by Crippen LogP contribution is -2.23. The lowest BCUT2D eigenvalue weighted by atomic mass is 10.1. The second-order valence-electron chi connectivity index (χ2n) is 4.11. The Balaban J connectivity index is 2.77. The summed E-state index contributed by atoms with van der Waals surface area (Å²) in [6, 6.07) is 4.65. The molecule has 0 saturated heterocycles. The van der Waals surface area contributed by atoms with E-state index in [1.807, 2.05) is 6.92 Å². The van der Waals surface area contributed by atoms with Gasteiger partial charge in [0, 0.05) is 11.7 Å². The minimum atomic E-state index is -4.37. The van der Waals surface area contributed by atoms with Gasteiger partial charge >= 0.3 is 12.1 Å². The number of hydrogen-bond acceptors (Lipinski definition) is 3. The summed E-state index contributed by atoms with van der Waals surface area (Å²) in [7, 11) is 1.28. The predicted octanol–water partition coefficient (Wildman–Crippen LogP) is 3.46. The van der Waals surface area contributed by atoms with E-state index in [9.17, 15) is 18.0 Å². The standard InChI is InChI=1S/C13H16F3NO2/c1-3-10(8-12(18)19-2)17-11-6-4-5-9(7-11)13(14,15)16/h4-7,10,17H,3,8H2,1-2H3/t10-/m0/s1. The Hall–Kier alpha value is -1.72. The fraction of sp³-hybridized carbons (Fsp3) is 0.462. The molecule has 0 bridgehead atoms. The van der Waals surface area contributed by atoms with Gasteiger partial charge in [-0.1, -0.05) is 13.0 Å². The molecule has 0 aliphatic rings. The molecule has 1 atom stereocenters. The largest absolute Gasteiger partial charge is 0.469 e. The molecular formula is C13H16F3NO2. The van der Waals surface area contributed by atoms with E-state index in [1.165, 1.54) is 19.2 Å². The third-order valence-corrected chi connectivity index (χ3v) is 2.69. The molecule has 0 fully saturated rings. The second-order valence-corrected chi connectivity index (χ2v) is 4.11. The number of benzene rings is 1. The minimum Gasteiger partial charge on any atom is -0.469 e. The quantitative estimate of drug-likeness (QED) is 0.836. The van der Waals surface area contributed by atoms with Crippen LogP contribution in [-0.2, 0) is 15.7 Å². The Kier molecular flexibility index (Phi) is 5.20. The van der Waals surface area contributed by atoms with E-state index in [4.69, 9.17) is 0 Å². The van der Waals surface area contributed by atoms with Gasteiger partial charge in [-0.2, -0.15) is 13.2 Å². The molecule has 1 rings (SSSR count). The summed E-state index contributed by atoms with van der Waals surface area (Å²) in [4.78, 5) is 11.2. The summed E-state index contributed by atoms with van der Waals surface area (Å²) in [5.74, 6) is -0.397. The van der Waals surface area contributed by atoms with Crippen LogP contribution in [0.5, 0.6) is 0 Å². The lowest BCUT2D eigenvalue weighted by molar-refractivity contribution is -0.141. The number of alkyl halides is 3. The molecule has 19 heavy (non-hydrogen) atoms. The molecule has 0 aliphatic carbocycles. The van der Waals surface area contributed by atoms with Crippen LogP contribution in [0, 0.1) is 0 Å². The second kappa shape index (κ2) is 6.45. The average molecular weight is 275 g/mol. The first-order valence-electron chi connectivity index (χ1n) is 5.87. The summed E-state index contributed by atoms with van der Waals surface area (Å²) in [5.41, 5.74) is -0.379. The minimum absolute atomic E-state index is 0.114. The Morgan fingerprint density at radius 3 is 2.63 bits per heavy atom. The van der Waals surface area contributed by atoms with Crippen LogP contribution in [-0.4, -0.2) is 19.1 Å². The maximum atomic E-state index is 12.6. The number of halogens is 3. The van der Waals surface area contributed by atoms with Crippen molar-refractivity contribution in [1.29, 1.82) is 0 Å². The van der Waals surface area contributed by atoms with Crippen LogP contribution in [0.3, 0.4) is 0 Å². The SMILES string of the molecule is CC[C@@H](CC(=O)OC)Nc1cccc(C(F)(F)F)c1. The maximum Gasteiger partial charge on any atom is 0.416 e. The Morgan fingerprint density at radius 2 is 2.11 bits per heavy atom. The van der Waals surface area contributed by atoms with Crippen molar-refractivity contribution in [2.45, 2.75) is 32.0 Å². The van der Waals surface area contributed by atoms with Crippen molar-refractivity contribution in [2.24, 2.45) is 0 Å². The van der Waals surface area contributed by atoms with E-state index >= 15 is 0 Å². The first kappa shape index (κ1) is 15.3. The Morgan fingerprint density at radius 1 is 1.42 bits per heavy atom. The van der Waals surface area contributed by atoms with E-state index in [0.29, 0.717) is 12.1 Å². The highest BCUT2D eigenvalue weighted by atomic mass is 19.4. The molecule has 0 saturated carbocycles. The lowest BCUT2D eigenvalue weighted by Gasteiger charge is -2.18. The van der Waals surface area contributed by atoms with E-state index in [2.05, 4.69) is 10.1 Å². The molecule has 0 unspecified atom stereocenters. The molecule has 1 aromatic rings. The van der Waals surface area contributed by atoms with E-state index in [-0.39, 0.29) is 12.5 Å². The fourth-order valence-electron chi connectivity index (χ4n) is 1.60. The number of carbonyl (C=O) groups is 1. The first-order chi connectivity index (χ1) is 8.86. The molecule has 0 radical (unpaired) electrons. The number of methoxy groups -OCH3 is 1. The number of anilines is 1. The summed E-state index contributed by atoms with van der Waals surface area (Å²) in [6.45, 7) is 1.84. The number of ether oxygens (including phenoxy) is 1. The van der Waals surface area contributed by atoms with Crippen molar-refractivity contribution in [3.8, 4) is 0 Å². The van der Waals surface area contributed by atoms with Crippen molar-refractivity contribution in [3.05, 3.63) is 29.8 Å². The molecule has 106 valence electrons. The van der Waals surface area contributed by atoms with Gasteiger partial charge in [-0.3, -0.25) is 4.79 Å². The molecule has 0 spiro atoms. The zero-order valence-corrected chi connectivity index (χ0v) is 10.8. The molecule has 0 aromatic heterocycles. The average Bonchev–Trinajstić information content (AvgIpc) is 2.37. The van der Waals surface area contributed by atoms with Crippen molar-refractivity contribution in [3.63, 3.8) is 0 Å². The Labute approximate surface area is 109 Å². The normalized spacial score (nSPS) is 12.9. The third kappa shape index (κ3) is 4.81. The van der Waals surface area contributed by atoms with Crippen LogP contribution >= 0.6 is 0 Å². The van der Waals surface area contributed by atoms with Crippen molar-refractivity contribution < 1.29 is 22.7 Å². The number of esters is 1. The summed E-state index contributed by atoms with van der Waals surface area (Å²) in [5, 5.41) is 2.91. The van der Waals surface area contributed by atoms with E-state index in [1.54, 1.807) is 0 Å².